The van der Waals surface area contributed by atoms with Crippen molar-refractivity contribution in [3.05, 3.63) is 16.4 Å². The number of hydrogen-bond donors (Lipinski definition) is 0. The highest BCUT2D eigenvalue weighted by Gasteiger charge is 2.02. The summed E-state index contributed by atoms with van der Waals surface area (Å²) in [6, 6.07) is 1.98. The number of halogens is 1. The Kier molecular flexibility index (Phi) is 3.50. The second-order valence-electron chi connectivity index (χ2n) is 1.89. The summed E-state index contributed by atoms with van der Waals surface area (Å²) in [5.41, 5.74) is 0.390. The molecule has 1 heterocycles. The highest BCUT2D eigenvalue weighted by atomic mass is 79.9. The summed E-state index contributed by atoms with van der Waals surface area (Å²) < 4.78 is 0.644. The first-order valence-corrected chi connectivity index (χ1v) is 5.11. The van der Waals surface area contributed by atoms with Crippen molar-refractivity contribution < 1.29 is 0 Å². The van der Waals surface area contributed by atoms with Gasteiger partial charge in [-0.3, -0.25) is 0 Å². The average molecular weight is 244 g/mol. The minimum absolute atomic E-state index is 0.390. The molecule has 1 aromatic heterocycles. The lowest BCUT2D eigenvalue weighted by Crippen LogP contribution is -1.91. The van der Waals surface area contributed by atoms with Gasteiger partial charge in [0.2, 0.25) is 0 Å². The van der Waals surface area contributed by atoms with Gasteiger partial charge in [-0.25, -0.2) is 9.97 Å². The molecule has 0 unspecified atom stereocenters. The van der Waals surface area contributed by atoms with Gasteiger partial charge >= 0.3 is 0 Å². The summed E-state index contributed by atoms with van der Waals surface area (Å²) in [4.78, 5) is 8.05. The van der Waals surface area contributed by atoms with E-state index in [1.54, 1.807) is 6.20 Å². The number of hydrogen-bond acceptors (Lipinski definition) is 4. The molecule has 1 rings (SSSR count). The van der Waals surface area contributed by atoms with E-state index in [4.69, 9.17) is 5.26 Å². The zero-order chi connectivity index (χ0) is 8.97. The van der Waals surface area contributed by atoms with E-state index in [-0.39, 0.29) is 0 Å². The normalized spacial score (nSPS) is 9.42. The molecule has 0 atom stereocenters. The predicted octanol–water partition coefficient (Wildman–Crippen LogP) is 2.22. The molecule has 0 bridgehead atoms. The topological polar surface area (TPSA) is 49.6 Å². The number of aromatic nitrogens is 2. The van der Waals surface area contributed by atoms with Crippen LogP contribution >= 0.6 is 27.7 Å². The molecule has 3 nitrogen and oxygen atoms in total. The molecule has 0 saturated heterocycles. The smallest absolute Gasteiger partial charge is 0.188 e. The lowest BCUT2D eigenvalue weighted by Gasteiger charge is -1.97. The zero-order valence-electron chi connectivity index (χ0n) is 6.41. The molecular formula is C7H6BrN3S. The van der Waals surface area contributed by atoms with Crippen molar-refractivity contribution in [2.24, 2.45) is 0 Å². The Hall–Kier alpha value is -0.600. The predicted molar refractivity (Wildman–Crippen MR) is 50.8 cm³/mol. The van der Waals surface area contributed by atoms with Crippen LogP contribution in [0.1, 0.15) is 12.6 Å². The maximum Gasteiger partial charge on any atom is 0.188 e. The molecule has 0 aliphatic heterocycles. The Balaban J connectivity index is 2.99. The third-order valence-electron chi connectivity index (χ3n) is 1.10. The summed E-state index contributed by atoms with van der Waals surface area (Å²) >= 11 is 4.70. The molecule has 0 fully saturated rings. The summed E-state index contributed by atoms with van der Waals surface area (Å²) in [7, 11) is 0. The van der Waals surface area contributed by atoms with Gasteiger partial charge in [-0.15, -0.1) is 0 Å². The number of nitriles is 1. The fourth-order valence-electron chi connectivity index (χ4n) is 0.628. The van der Waals surface area contributed by atoms with Gasteiger partial charge in [-0.1, -0.05) is 18.7 Å². The SMILES string of the molecule is CCSc1ncc(Br)c(C#N)n1. The Morgan fingerprint density at radius 2 is 2.50 bits per heavy atom. The molecule has 62 valence electrons. The van der Waals surface area contributed by atoms with E-state index in [9.17, 15) is 0 Å². The summed E-state index contributed by atoms with van der Waals surface area (Å²) in [6.45, 7) is 2.02. The van der Waals surface area contributed by atoms with Crippen molar-refractivity contribution in [3.8, 4) is 6.07 Å². The molecule has 0 radical (unpaired) electrons. The van der Waals surface area contributed by atoms with Gasteiger partial charge in [0, 0.05) is 6.20 Å². The first-order valence-electron chi connectivity index (χ1n) is 3.33. The Morgan fingerprint density at radius 1 is 1.75 bits per heavy atom. The maximum absolute atomic E-state index is 8.63. The third-order valence-corrected chi connectivity index (χ3v) is 2.43. The summed E-state index contributed by atoms with van der Waals surface area (Å²) in [5.74, 6) is 0.909. The van der Waals surface area contributed by atoms with Crippen LogP contribution in [-0.2, 0) is 0 Å². The monoisotopic (exact) mass is 243 g/mol. The lowest BCUT2D eigenvalue weighted by molar-refractivity contribution is 0.943. The molecule has 1 aromatic rings. The van der Waals surface area contributed by atoms with Crippen LogP contribution in [0.5, 0.6) is 0 Å². The summed E-state index contributed by atoms with van der Waals surface area (Å²) in [5, 5.41) is 9.28. The molecule has 0 aromatic carbocycles. The molecule has 5 heteroatoms. The van der Waals surface area contributed by atoms with Crippen molar-refractivity contribution in [1.29, 1.82) is 5.26 Å². The van der Waals surface area contributed by atoms with Crippen LogP contribution in [0, 0.1) is 11.3 Å². The van der Waals surface area contributed by atoms with Crippen molar-refractivity contribution in [1.82, 2.24) is 9.97 Å². The van der Waals surface area contributed by atoms with Gasteiger partial charge in [0.15, 0.2) is 10.9 Å². The van der Waals surface area contributed by atoms with E-state index in [0.29, 0.717) is 15.3 Å². The molecular weight excluding hydrogens is 238 g/mol. The standard InChI is InChI=1S/C7H6BrN3S/c1-2-12-7-10-4-5(8)6(3-9)11-7/h4H,2H2,1H3. The second kappa shape index (κ2) is 4.43. The molecule has 0 amide bonds. The van der Waals surface area contributed by atoms with E-state index in [1.807, 2.05) is 13.0 Å². The van der Waals surface area contributed by atoms with E-state index in [2.05, 4.69) is 25.9 Å². The molecule has 0 saturated carbocycles. The van der Waals surface area contributed by atoms with Crippen LogP contribution in [0.3, 0.4) is 0 Å². The Labute approximate surface area is 83.3 Å². The molecule has 0 aliphatic carbocycles. The second-order valence-corrected chi connectivity index (χ2v) is 3.98. The molecule has 0 aliphatic rings. The van der Waals surface area contributed by atoms with Crippen LogP contribution in [0.15, 0.2) is 15.8 Å². The first-order chi connectivity index (χ1) is 5.77. The molecule has 0 spiro atoms. The lowest BCUT2D eigenvalue weighted by atomic mass is 10.4. The largest absolute Gasteiger partial charge is 0.230 e. The number of thioether (sulfide) groups is 1. The third kappa shape index (κ3) is 2.19. The Bertz CT molecular complexity index is 321. The Morgan fingerprint density at radius 3 is 3.08 bits per heavy atom. The van der Waals surface area contributed by atoms with E-state index >= 15 is 0 Å². The minimum atomic E-state index is 0.390. The van der Waals surface area contributed by atoms with Gasteiger partial charge in [0.25, 0.3) is 0 Å². The van der Waals surface area contributed by atoms with Gasteiger partial charge < -0.3 is 0 Å². The minimum Gasteiger partial charge on any atom is -0.230 e. The van der Waals surface area contributed by atoms with Gasteiger partial charge in [-0.05, 0) is 21.7 Å². The van der Waals surface area contributed by atoms with E-state index in [0.717, 1.165) is 5.75 Å². The van der Waals surface area contributed by atoms with Crippen LogP contribution in [0.25, 0.3) is 0 Å². The number of nitrogens with zero attached hydrogens (tertiary/aromatic N) is 3. The highest BCUT2D eigenvalue weighted by Crippen LogP contribution is 2.17. The zero-order valence-corrected chi connectivity index (χ0v) is 8.81. The van der Waals surface area contributed by atoms with Crippen LogP contribution < -0.4 is 0 Å². The molecule has 0 N–H and O–H groups in total. The first kappa shape index (κ1) is 9.49. The molecule has 12 heavy (non-hydrogen) atoms. The quantitative estimate of drug-likeness (QED) is 0.591. The fraction of sp³-hybridized carbons (Fsp3) is 0.286. The average Bonchev–Trinajstić information content (AvgIpc) is 2.09. The van der Waals surface area contributed by atoms with Gasteiger partial charge in [0.1, 0.15) is 6.07 Å². The van der Waals surface area contributed by atoms with Crippen molar-refractivity contribution in [2.75, 3.05) is 5.75 Å². The van der Waals surface area contributed by atoms with Crippen LogP contribution in [0.2, 0.25) is 0 Å². The van der Waals surface area contributed by atoms with Gasteiger partial charge in [0.05, 0.1) is 4.47 Å². The van der Waals surface area contributed by atoms with Crippen LogP contribution in [0.4, 0.5) is 0 Å². The van der Waals surface area contributed by atoms with Crippen molar-refractivity contribution >= 4 is 27.7 Å². The number of rotatable bonds is 2. The van der Waals surface area contributed by atoms with Crippen molar-refractivity contribution in [3.63, 3.8) is 0 Å². The van der Waals surface area contributed by atoms with E-state index in [1.165, 1.54) is 11.8 Å². The van der Waals surface area contributed by atoms with Crippen molar-refractivity contribution in [2.45, 2.75) is 12.1 Å². The maximum atomic E-state index is 8.63. The van der Waals surface area contributed by atoms with E-state index < -0.39 is 0 Å². The van der Waals surface area contributed by atoms with Crippen LogP contribution in [-0.4, -0.2) is 15.7 Å². The fourth-order valence-corrected chi connectivity index (χ4v) is 1.45. The summed E-state index contributed by atoms with van der Waals surface area (Å²) in [6.07, 6.45) is 1.60. The highest BCUT2D eigenvalue weighted by molar-refractivity contribution is 9.10. The van der Waals surface area contributed by atoms with Gasteiger partial charge in [-0.2, -0.15) is 5.26 Å².